The van der Waals surface area contributed by atoms with Gasteiger partial charge in [-0.1, -0.05) is 35.9 Å². The van der Waals surface area contributed by atoms with E-state index in [4.69, 9.17) is 0 Å². The molecule has 1 N–H and O–H groups in total. The number of carbonyl (C=O) groups excluding carboxylic acids is 1. The largest absolute Gasteiger partial charge is 0.360 e. The van der Waals surface area contributed by atoms with Gasteiger partial charge in [0.15, 0.2) is 5.78 Å². The van der Waals surface area contributed by atoms with Gasteiger partial charge in [0.1, 0.15) is 0 Å². The van der Waals surface area contributed by atoms with Crippen LogP contribution in [-0.2, 0) is 10.0 Å². The predicted octanol–water partition coefficient (Wildman–Crippen LogP) is 3.44. The van der Waals surface area contributed by atoms with E-state index in [1.165, 1.54) is 0 Å². The number of nitrogens with one attached hydrogen (secondary N) is 1. The molecule has 1 atom stereocenters. The van der Waals surface area contributed by atoms with Gasteiger partial charge in [0, 0.05) is 48.8 Å². The van der Waals surface area contributed by atoms with Crippen LogP contribution in [0.15, 0.2) is 59.6 Å². The Balaban J connectivity index is 1.48. The highest BCUT2D eigenvalue weighted by Crippen LogP contribution is 2.23. The molecule has 0 saturated carbocycles. The quantitative estimate of drug-likeness (QED) is 0.636. The minimum Gasteiger partial charge on any atom is -0.360 e. The number of nitrogens with zero attached hydrogens (tertiary/aromatic N) is 2. The molecule has 1 aliphatic rings. The van der Waals surface area contributed by atoms with Crippen molar-refractivity contribution in [1.82, 2.24) is 14.2 Å². The maximum Gasteiger partial charge on any atom is 0.243 e. The number of rotatable bonds is 5. The second-order valence-corrected chi connectivity index (χ2v) is 9.83. The molecule has 0 bridgehead atoms. The number of carbonyl (C=O) groups is 1. The van der Waals surface area contributed by atoms with Crippen molar-refractivity contribution in [2.24, 2.45) is 0 Å². The van der Waals surface area contributed by atoms with Gasteiger partial charge in [-0.25, -0.2) is 8.42 Å². The third-order valence-electron chi connectivity index (χ3n) is 5.93. The summed E-state index contributed by atoms with van der Waals surface area (Å²) in [7, 11) is -3.53. The van der Waals surface area contributed by atoms with Gasteiger partial charge < -0.3 is 4.98 Å². The number of hydrogen-bond donors (Lipinski definition) is 1. The van der Waals surface area contributed by atoms with Crippen LogP contribution in [0.2, 0.25) is 0 Å². The van der Waals surface area contributed by atoms with E-state index in [0.29, 0.717) is 43.1 Å². The number of hydrogen-bond acceptors (Lipinski definition) is 4. The molecule has 1 aliphatic heterocycles. The van der Waals surface area contributed by atoms with E-state index in [-0.39, 0.29) is 11.8 Å². The van der Waals surface area contributed by atoms with Gasteiger partial charge >= 0.3 is 0 Å². The fourth-order valence-corrected chi connectivity index (χ4v) is 5.54. The summed E-state index contributed by atoms with van der Waals surface area (Å²) in [6, 6.07) is 14.4. The average Bonchev–Trinajstić information content (AvgIpc) is 3.01. The van der Waals surface area contributed by atoms with E-state index in [9.17, 15) is 13.2 Å². The summed E-state index contributed by atoms with van der Waals surface area (Å²) < 4.78 is 27.6. The summed E-state index contributed by atoms with van der Waals surface area (Å²) >= 11 is 0. The third-order valence-corrected chi connectivity index (χ3v) is 7.84. The number of ketones is 1. The lowest BCUT2D eigenvalue weighted by atomic mass is 10.0. The van der Waals surface area contributed by atoms with E-state index < -0.39 is 10.0 Å². The number of H-pyrrole nitrogens is 1. The summed E-state index contributed by atoms with van der Waals surface area (Å²) in [6.07, 6.45) is 2.46. The van der Waals surface area contributed by atoms with Gasteiger partial charge in [-0.2, -0.15) is 4.31 Å². The Labute approximate surface area is 177 Å². The fourth-order valence-electron chi connectivity index (χ4n) is 4.07. The molecule has 1 aromatic heterocycles. The molecular formula is C23H27N3O3S. The van der Waals surface area contributed by atoms with Gasteiger partial charge in [-0.15, -0.1) is 0 Å². The average molecular weight is 426 g/mol. The van der Waals surface area contributed by atoms with Crippen LogP contribution in [0, 0.1) is 6.92 Å². The van der Waals surface area contributed by atoms with Gasteiger partial charge in [0.05, 0.1) is 10.9 Å². The second kappa shape index (κ2) is 8.34. The Morgan fingerprint density at radius 2 is 1.73 bits per heavy atom. The van der Waals surface area contributed by atoms with Gasteiger partial charge in [0.2, 0.25) is 10.0 Å². The molecule has 0 aliphatic carbocycles. The van der Waals surface area contributed by atoms with Crippen molar-refractivity contribution in [3.8, 4) is 0 Å². The van der Waals surface area contributed by atoms with Gasteiger partial charge in [0.25, 0.3) is 0 Å². The molecule has 2 aromatic carbocycles. The maximum absolute atomic E-state index is 13.2. The van der Waals surface area contributed by atoms with Crippen LogP contribution in [0.4, 0.5) is 0 Å². The Morgan fingerprint density at radius 1 is 1.00 bits per heavy atom. The Morgan fingerprint density at radius 3 is 2.50 bits per heavy atom. The molecule has 2 heterocycles. The minimum atomic E-state index is -3.53. The fraction of sp³-hybridized carbons (Fsp3) is 0.348. The van der Waals surface area contributed by atoms with E-state index >= 15 is 0 Å². The molecular weight excluding hydrogens is 398 g/mol. The van der Waals surface area contributed by atoms with E-state index in [1.54, 1.807) is 22.6 Å². The zero-order valence-corrected chi connectivity index (χ0v) is 18.2. The van der Waals surface area contributed by atoms with Crippen molar-refractivity contribution in [3.05, 3.63) is 65.9 Å². The van der Waals surface area contributed by atoms with Crippen LogP contribution in [0.3, 0.4) is 0 Å². The first kappa shape index (κ1) is 20.8. The van der Waals surface area contributed by atoms with Crippen LogP contribution in [0.1, 0.15) is 29.3 Å². The first-order valence-corrected chi connectivity index (χ1v) is 11.7. The number of aromatic nitrogens is 1. The molecule has 1 fully saturated rings. The number of fused-ring (bicyclic) bond motifs is 1. The second-order valence-electron chi connectivity index (χ2n) is 7.89. The molecule has 0 unspecified atom stereocenters. The number of sulfonamides is 1. The molecule has 0 spiro atoms. The van der Waals surface area contributed by atoms with Crippen molar-refractivity contribution in [2.45, 2.75) is 31.2 Å². The zero-order chi connectivity index (χ0) is 21.3. The van der Waals surface area contributed by atoms with E-state index in [1.807, 2.05) is 50.2 Å². The van der Waals surface area contributed by atoms with Crippen LogP contribution >= 0.6 is 0 Å². The van der Waals surface area contributed by atoms with Crippen molar-refractivity contribution >= 4 is 26.7 Å². The van der Waals surface area contributed by atoms with Crippen LogP contribution < -0.4 is 0 Å². The molecule has 0 radical (unpaired) electrons. The number of aromatic amines is 1. The van der Waals surface area contributed by atoms with Crippen molar-refractivity contribution in [3.63, 3.8) is 0 Å². The van der Waals surface area contributed by atoms with Crippen LogP contribution in [-0.4, -0.2) is 60.6 Å². The molecule has 1 saturated heterocycles. The van der Waals surface area contributed by atoms with Crippen LogP contribution in [0.25, 0.3) is 10.9 Å². The Bertz CT molecular complexity index is 1150. The lowest BCUT2D eigenvalue weighted by Gasteiger charge is -2.26. The Hall–Kier alpha value is -2.48. The standard InChI is InChI=1S/C23H27N3O3S/c1-17-8-10-19(11-9-17)30(28,29)26-13-5-12-25(14-15-26)18(2)23(27)21-16-24-22-7-4-3-6-20(21)22/h3-4,6-11,16,18,24H,5,12-15H2,1-2H3/t18-/m1/s1. The van der Waals surface area contributed by atoms with E-state index in [0.717, 1.165) is 16.5 Å². The summed E-state index contributed by atoms with van der Waals surface area (Å²) in [4.78, 5) is 18.7. The summed E-state index contributed by atoms with van der Waals surface area (Å²) in [5.74, 6) is 0.0577. The number of Topliss-reactive ketones (excluding diaryl/α,β-unsaturated/α-hetero) is 1. The highest BCUT2D eigenvalue weighted by Gasteiger charge is 2.30. The monoisotopic (exact) mass is 425 g/mol. The molecule has 30 heavy (non-hydrogen) atoms. The highest BCUT2D eigenvalue weighted by molar-refractivity contribution is 7.89. The normalized spacial score (nSPS) is 17.7. The van der Waals surface area contributed by atoms with Crippen molar-refractivity contribution < 1.29 is 13.2 Å². The Kier molecular flexibility index (Phi) is 5.77. The summed E-state index contributed by atoms with van der Waals surface area (Å²) in [5, 5.41) is 0.924. The number of para-hydroxylation sites is 1. The molecule has 4 rings (SSSR count). The lowest BCUT2D eigenvalue weighted by molar-refractivity contribution is 0.0847. The summed E-state index contributed by atoms with van der Waals surface area (Å²) in [5.41, 5.74) is 2.66. The predicted molar refractivity (Wildman–Crippen MR) is 118 cm³/mol. The van der Waals surface area contributed by atoms with Crippen molar-refractivity contribution in [2.75, 3.05) is 26.2 Å². The molecule has 158 valence electrons. The molecule has 6 nitrogen and oxygen atoms in total. The zero-order valence-electron chi connectivity index (χ0n) is 17.3. The maximum atomic E-state index is 13.2. The number of benzene rings is 2. The summed E-state index contributed by atoms with van der Waals surface area (Å²) in [6.45, 7) is 5.90. The van der Waals surface area contributed by atoms with Crippen LogP contribution in [0.5, 0.6) is 0 Å². The topological polar surface area (TPSA) is 73.5 Å². The first-order valence-electron chi connectivity index (χ1n) is 10.3. The highest BCUT2D eigenvalue weighted by atomic mass is 32.2. The van der Waals surface area contributed by atoms with Crippen molar-refractivity contribution in [1.29, 1.82) is 0 Å². The lowest BCUT2D eigenvalue weighted by Crippen LogP contribution is -2.42. The molecule has 7 heteroatoms. The first-order chi connectivity index (χ1) is 14.4. The van der Waals surface area contributed by atoms with Gasteiger partial charge in [-0.05, 0) is 38.5 Å². The third kappa shape index (κ3) is 3.93. The minimum absolute atomic E-state index is 0.0577. The van der Waals surface area contributed by atoms with Gasteiger partial charge in [-0.3, -0.25) is 9.69 Å². The molecule has 0 amide bonds. The van der Waals surface area contributed by atoms with E-state index in [2.05, 4.69) is 9.88 Å². The molecule has 3 aromatic rings. The number of aryl methyl sites for hydroxylation is 1. The smallest absolute Gasteiger partial charge is 0.243 e. The SMILES string of the molecule is Cc1ccc(S(=O)(=O)N2CCCN([C@H](C)C(=O)c3c[nH]c4ccccc34)CC2)cc1.